The number of ether oxygens (including phenoxy) is 1. The third kappa shape index (κ3) is 3.64. The Kier molecular flexibility index (Phi) is 5.26. The number of methoxy groups -OCH3 is 1. The van der Waals surface area contributed by atoms with Gasteiger partial charge in [-0.15, -0.1) is 0 Å². The van der Waals surface area contributed by atoms with E-state index in [4.69, 9.17) is 4.74 Å². The van der Waals surface area contributed by atoms with E-state index in [1.54, 1.807) is 13.2 Å². The number of hydrogen-bond acceptors (Lipinski definition) is 4. The third-order valence-electron chi connectivity index (χ3n) is 4.29. The number of piperidine rings is 1. The first-order valence-corrected chi connectivity index (χ1v) is 7.39. The molecule has 2 unspecified atom stereocenters. The van der Waals surface area contributed by atoms with E-state index < -0.39 is 0 Å². The molecule has 1 saturated heterocycles. The van der Waals surface area contributed by atoms with Crippen LogP contribution in [0.3, 0.4) is 0 Å². The van der Waals surface area contributed by atoms with Crippen molar-refractivity contribution >= 4 is 0 Å². The Morgan fingerprint density at radius 3 is 2.95 bits per heavy atom. The number of hydrogen-bond donors (Lipinski definition) is 2. The lowest BCUT2D eigenvalue weighted by molar-refractivity contribution is 0.199. The van der Waals surface area contributed by atoms with Crippen molar-refractivity contribution in [1.29, 1.82) is 0 Å². The number of aromatic hydroxyl groups is 1. The minimum absolute atomic E-state index is 0.197. The van der Waals surface area contributed by atoms with E-state index >= 15 is 0 Å². The number of phenols is 1. The summed E-state index contributed by atoms with van der Waals surface area (Å²) in [6.45, 7) is 5.57. The highest BCUT2D eigenvalue weighted by atomic mass is 16.5. The maximum atomic E-state index is 9.67. The van der Waals surface area contributed by atoms with Crippen molar-refractivity contribution in [1.82, 2.24) is 10.2 Å². The molecule has 1 heterocycles. The van der Waals surface area contributed by atoms with Crippen molar-refractivity contribution in [3.05, 3.63) is 23.8 Å². The summed E-state index contributed by atoms with van der Waals surface area (Å²) >= 11 is 0. The van der Waals surface area contributed by atoms with E-state index in [2.05, 4.69) is 24.2 Å². The maximum absolute atomic E-state index is 9.67. The van der Waals surface area contributed by atoms with Crippen molar-refractivity contribution in [3.63, 3.8) is 0 Å². The van der Waals surface area contributed by atoms with Gasteiger partial charge in [-0.2, -0.15) is 0 Å². The van der Waals surface area contributed by atoms with E-state index in [0.29, 0.717) is 11.8 Å². The minimum atomic E-state index is 0.197. The molecule has 2 N–H and O–H groups in total. The van der Waals surface area contributed by atoms with E-state index in [1.807, 2.05) is 12.1 Å². The van der Waals surface area contributed by atoms with Crippen LogP contribution in [0.15, 0.2) is 18.2 Å². The predicted octanol–water partition coefficient (Wildman–Crippen LogP) is 2.39. The number of nitrogens with zero attached hydrogens (tertiary/aromatic N) is 1. The van der Waals surface area contributed by atoms with Crippen LogP contribution in [0.4, 0.5) is 0 Å². The van der Waals surface area contributed by atoms with Gasteiger partial charge >= 0.3 is 0 Å². The number of benzene rings is 1. The fourth-order valence-corrected chi connectivity index (χ4v) is 2.85. The molecular formula is C16H26N2O2. The normalized spacial score (nSPS) is 20.9. The lowest BCUT2D eigenvalue weighted by Crippen LogP contribution is -2.37. The van der Waals surface area contributed by atoms with Gasteiger partial charge in [-0.1, -0.05) is 6.07 Å². The average Bonchev–Trinajstić information content (AvgIpc) is 2.48. The number of phenolic OH excluding ortho intramolecular Hbond substituents is 1. The van der Waals surface area contributed by atoms with E-state index in [9.17, 15) is 5.11 Å². The van der Waals surface area contributed by atoms with E-state index in [0.717, 1.165) is 25.6 Å². The number of rotatable bonds is 5. The molecule has 1 aromatic rings. The molecule has 0 bridgehead atoms. The molecule has 4 heteroatoms. The summed E-state index contributed by atoms with van der Waals surface area (Å²) in [7, 11) is 3.75. The smallest absolute Gasteiger partial charge is 0.160 e. The summed E-state index contributed by atoms with van der Waals surface area (Å²) < 4.78 is 5.19. The van der Waals surface area contributed by atoms with Crippen LogP contribution in [-0.4, -0.2) is 43.8 Å². The molecule has 1 aliphatic rings. The van der Waals surface area contributed by atoms with Gasteiger partial charge in [0.25, 0.3) is 0 Å². The monoisotopic (exact) mass is 278 g/mol. The summed E-state index contributed by atoms with van der Waals surface area (Å²) in [6, 6.07) is 5.92. The van der Waals surface area contributed by atoms with Gasteiger partial charge in [0.15, 0.2) is 11.5 Å². The van der Waals surface area contributed by atoms with Gasteiger partial charge in [0, 0.05) is 12.6 Å². The first kappa shape index (κ1) is 15.1. The fraction of sp³-hybridized carbons (Fsp3) is 0.625. The van der Waals surface area contributed by atoms with Crippen molar-refractivity contribution in [2.75, 3.05) is 33.8 Å². The van der Waals surface area contributed by atoms with Gasteiger partial charge in [0.1, 0.15) is 0 Å². The first-order valence-electron chi connectivity index (χ1n) is 7.39. The minimum Gasteiger partial charge on any atom is -0.504 e. The zero-order valence-corrected chi connectivity index (χ0v) is 12.7. The lowest BCUT2D eigenvalue weighted by Gasteiger charge is -2.31. The second-order valence-corrected chi connectivity index (χ2v) is 5.76. The quantitative estimate of drug-likeness (QED) is 0.868. The molecule has 2 rings (SSSR count). The second-order valence-electron chi connectivity index (χ2n) is 5.76. The maximum Gasteiger partial charge on any atom is 0.160 e. The largest absolute Gasteiger partial charge is 0.504 e. The Hall–Kier alpha value is -1.26. The Morgan fingerprint density at radius 1 is 1.50 bits per heavy atom. The van der Waals surface area contributed by atoms with Gasteiger partial charge in [-0.05, 0) is 63.5 Å². The van der Waals surface area contributed by atoms with Crippen LogP contribution in [-0.2, 0) is 0 Å². The highest BCUT2D eigenvalue weighted by Gasteiger charge is 2.19. The Bertz CT molecular complexity index is 430. The fourth-order valence-electron chi connectivity index (χ4n) is 2.85. The molecule has 1 aromatic carbocycles. The molecule has 1 aliphatic heterocycles. The van der Waals surface area contributed by atoms with Crippen LogP contribution in [0.1, 0.15) is 31.4 Å². The Balaban J connectivity index is 2.00. The molecular weight excluding hydrogens is 252 g/mol. The third-order valence-corrected chi connectivity index (χ3v) is 4.29. The second kappa shape index (κ2) is 6.95. The van der Waals surface area contributed by atoms with Crippen molar-refractivity contribution < 1.29 is 9.84 Å². The molecule has 0 saturated carbocycles. The van der Waals surface area contributed by atoms with Crippen molar-refractivity contribution in [3.8, 4) is 11.5 Å². The highest BCUT2D eigenvalue weighted by Crippen LogP contribution is 2.31. The van der Waals surface area contributed by atoms with Crippen LogP contribution in [0.5, 0.6) is 11.5 Å². The highest BCUT2D eigenvalue weighted by molar-refractivity contribution is 5.42. The molecule has 2 atom stereocenters. The standard InChI is InChI=1S/C16H26N2O2/c1-12(14-6-7-15(19)16(9-14)20-3)18(2)11-13-5-4-8-17-10-13/h6-7,9,12-13,17,19H,4-5,8,10-11H2,1-3H3. The molecule has 112 valence electrons. The van der Waals surface area contributed by atoms with Crippen molar-refractivity contribution in [2.24, 2.45) is 5.92 Å². The number of nitrogens with one attached hydrogen (secondary N) is 1. The van der Waals surface area contributed by atoms with Gasteiger partial charge < -0.3 is 15.2 Å². The Labute approximate surface area is 121 Å². The summed E-state index contributed by atoms with van der Waals surface area (Å²) in [5, 5.41) is 13.1. The van der Waals surface area contributed by atoms with Crippen LogP contribution >= 0.6 is 0 Å². The first-order chi connectivity index (χ1) is 9.61. The van der Waals surface area contributed by atoms with E-state index in [1.165, 1.54) is 18.4 Å². The summed E-state index contributed by atoms with van der Waals surface area (Å²) in [6.07, 6.45) is 2.59. The van der Waals surface area contributed by atoms with Crippen LogP contribution in [0.2, 0.25) is 0 Å². The topological polar surface area (TPSA) is 44.7 Å². The molecule has 0 aliphatic carbocycles. The molecule has 4 nitrogen and oxygen atoms in total. The predicted molar refractivity (Wildman–Crippen MR) is 81.3 cm³/mol. The molecule has 0 aromatic heterocycles. The Morgan fingerprint density at radius 2 is 2.30 bits per heavy atom. The molecule has 1 fully saturated rings. The molecule has 0 spiro atoms. The van der Waals surface area contributed by atoms with Crippen LogP contribution in [0.25, 0.3) is 0 Å². The van der Waals surface area contributed by atoms with Gasteiger partial charge in [0.2, 0.25) is 0 Å². The average molecular weight is 278 g/mol. The SMILES string of the molecule is COc1cc(C(C)N(C)CC2CCCNC2)ccc1O. The zero-order valence-electron chi connectivity index (χ0n) is 12.7. The van der Waals surface area contributed by atoms with Gasteiger partial charge in [-0.25, -0.2) is 0 Å². The van der Waals surface area contributed by atoms with Crippen molar-refractivity contribution in [2.45, 2.75) is 25.8 Å². The van der Waals surface area contributed by atoms with Crippen LogP contribution in [0, 0.1) is 5.92 Å². The summed E-state index contributed by atoms with van der Waals surface area (Å²) in [5.41, 5.74) is 1.17. The lowest BCUT2D eigenvalue weighted by atomic mass is 9.97. The molecule has 20 heavy (non-hydrogen) atoms. The zero-order chi connectivity index (χ0) is 14.5. The van der Waals surface area contributed by atoms with Crippen LogP contribution < -0.4 is 10.1 Å². The van der Waals surface area contributed by atoms with E-state index in [-0.39, 0.29) is 5.75 Å². The summed E-state index contributed by atoms with van der Waals surface area (Å²) in [5.74, 6) is 1.47. The van der Waals surface area contributed by atoms with Gasteiger partial charge in [0.05, 0.1) is 7.11 Å². The molecule has 0 radical (unpaired) electrons. The summed E-state index contributed by atoms with van der Waals surface area (Å²) in [4.78, 5) is 2.38. The van der Waals surface area contributed by atoms with Gasteiger partial charge in [-0.3, -0.25) is 4.90 Å². The molecule has 0 amide bonds.